The van der Waals surface area contributed by atoms with Crippen LogP contribution in [0.25, 0.3) is 0 Å². The molecule has 1 aromatic carbocycles. The highest BCUT2D eigenvalue weighted by molar-refractivity contribution is 6.48. The van der Waals surface area contributed by atoms with Gasteiger partial charge in [-0.3, -0.25) is 9.59 Å². The minimum atomic E-state index is -0.701. The van der Waals surface area contributed by atoms with E-state index in [1.807, 2.05) is 27.7 Å². The molecule has 166 valence electrons. The van der Waals surface area contributed by atoms with E-state index >= 15 is 0 Å². The fourth-order valence-corrected chi connectivity index (χ4v) is 3.18. The summed E-state index contributed by atoms with van der Waals surface area (Å²) in [6.07, 6.45) is 0.0316. The molecule has 1 heterocycles. The smallest absolute Gasteiger partial charge is 0.466 e. The quantitative estimate of drug-likeness (QED) is 0.358. The maximum atomic E-state index is 12.4. The molecule has 1 unspecified atom stereocenters. The molecular weight excluding hydrogens is 391 g/mol. The van der Waals surface area contributed by atoms with E-state index in [-0.39, 0.29) is 24.7 Å². The number of carbonyl (C=O) groups is 2. The third kappa shape index (κ3) is 5.07. The van der Waals surface area contributed by atoms with Gasteiger partial charge in [0.1, 0.15) is 0 Å². The Morgan fingerprint density at radius 2 is 1.53 bits per heavy atom. The first-order valence-corrected chi connectivity index (χ1v) is 9.91. The van der Waals surface area contributed by atoms with E-state index in [1.165, 1.54) is 21.1 Å². The summed E-state index contributed by atoms with van der Waals surface area (Å²) in [5.74, 6) is -0.623. The van der Waals surface area contributed by atoms with Crippen LogP contribution in [0.1, 0.15) is 59.3 Å². The SMILES string of the molecule is CCOC(=O)CC(B1OC(C)(C)C(C)(C)O1)c1cc(OC)c(OC(C)=O)c(OC)c1. The molecule has 1 fully saturated rings. The van der Waals surface area contributed by atoms with Crippen molar-refractivity contribution in [2.75, 3.05) is 20.8 Å². The number of benzene rings is 1. The van der Waals surface area contributed by atoms with E-state index in [4.69, 9.17) is 28.3 Å². The number of hydrogen-bond donors (Lipinski definition) is 0. The number of hydrogen-bond acceptors (Lipinski definition) is 8. The summed E-state index contributed by atoms with van der Waals surface area (Å²) >= 11 is 0. The van der Waals surface area contributed by atoms with Crippen LogP contribution in [0.4, 0.5) is 0 Å². The van der Waals surface area contributed by atoms with Crippen LogP contribution in [0.5, 0.6) is 17.2 Å². The Bertz CT molecular complexity index is 748. The first-order chi connectivity index (χ1) is 14.0. The van der Waals surface area contributed by atoms with Gasteiger partial charge in [-0.15, -0.1) is 0 Å². The van der Waals surface area contributed by atoms with Crippen molar-refractivity contribution in [3.8, 4) is 17.2 Å². The summed E-state index contributed by atoms with van der Waals surface area (Å²) in [6.45, 7) is 11.1. The van der Waals surface area contributed by atoms with Crippen molar-refractivity contribution in [1.29, 1.82) is 0 Å². The van der Waals surface area contributed by atoms with Crippen LogP contribution in [0.15, 0.2) is 12.1 Å². The Balaban J connectivity index is 2.53. The van der Waals surface area contributed by atoms with Gasteiger partial charge in [-0.25, -0.2) is 0 Å². The molecular formula is C21H31BO8. The molecule has 0 radical (unpaired) electrons. The van der Waals surface area contributed by atoms with Crippen LogP contribution in [-0.2, 0) is 23.6 Å². The molecule has 2 rings (SSSR count). The number of esters is 2. The lowest BCUT2D eigenvalue weighted by Gasteiger charge is -2.32. The van der Waals surface area contributed by atoms with E-state index < -0.39 is 30.1 Å². The van der Waals surface area contributed by atoms with Crippen molar-refractivity contribution in [3.05, 3.63) is 17.7 Å². The predicted octanol–water partition coefficient (Wildman–Crippen LogP) is 3.30. The molecule has 0 saturated carbocycles. The lowest BCUT2D eigenvalue weighted by atomic mass is 9.66. The molecule has 1 saturated heterocycles. The van der Waals surface area contributed by atoms with Gasteiger partial charge in [0.2, 0.25) is 5.75 Å². The Hall–Kier alpha value is -2.26. The molecule has 0 aromatic heterocycles. The lowest BCUT2D eigenvalue weighted by molar-refractivity contribution is -0.143. The highest BCUT2D eigenvalue weighted by atomic mass is 16.7. The second-order valence-corrected chi connectivity index (χ2v) is 8.09. The van der Waals surface area contributed by atoms with Gasteiger partial charge in [-0.1, -0.05) is 0 Å². The van der Waals surface area contributed by atoms with Crippen molar-refractivity contribution in [2.24, 2.45) is 0 Å². The van der Waals surface area contributed by atoms with E-state index in [0.29, 0.717) is 17.1 Å². The largest absolute Gasteiger partial charge is 0.493 e. The molecule has 1 aromatic rings. The van der Waals surface area contributed by atoms with Crippen LogP contribution in [0.2, 0.25) is 0 Å². The molecule has 0 N–H and O–H groups in total. The predicted molar refractivity (Wildman–Crippen MR) is 111 cm³/mol. The summed E-state index contributed by atoms with van der Waals surface area (Å²) in [5, 5.41) is 0. The topological polar surface area (TPSA) is 89.5 Å². The van der Waals surface area contributed by atoms with Gasteiger partial charge in [-0.05, 0) is 52.3 Å². The molecule has 1 aliphatic rings. The van der Waals surface area contributed by atoms with E-state index in [1.54, 1.807) is 19.1 Å². The van der Waals surface area contributed by atoms with Gasteiger partial charge in [0.15, 0.2) is 11.5 Å². The standard InChI is InChI=1S/C21H31BO8/c1-9-27-18(24)12-15(22-29-20(3,4)21(5,6)30-22)14-10-16(25-7)19(28-13(2)23)17(11-14)26-8/h10-11,15H,9,12H2,1-8H3. The Morgan fingerprint density at radius 3 is 1.93 bits per heavy atom. The first-order valence-electron chi connectivity index (χ1n) is 9.91. The molecule has 0 aliphatic carbocycles. The fraction of sp³-hybridized carbons (Fsp3) is 0.619. The number of rotatable bonds is 8. The summed E-state index contributed by atoms with van der Waals surface area (Å²) in [5.41, 5.74) is -0.474. The first kappa shape index (κ1) is 24.0. The minimum Gasteiger partial charge on any atom is -0.493 e. The van der Waals surface area contributed by atoms with Crippen LogP contribution in [-0.4, -0.2) is 51.1 Å². The fourth-order valence-electron chi connectivity index (χ4n) is 3.18. The highest BCUT2D eigenvalue weighted by Gasteiger charge is 2.54. The van der Waals surface area contributed by atoms with Crippen molar-refractivity contribution in [3.63, 3.8) is 0 Å². The van der Waals surface area contributed by atoms with Crippen LogP contribution >= 0.6 is 0 Å². The zero-order valence-corrected chi connectivity index (χ0v) is 19.0. The third-order valence-electron chi connectivity index (χ3n) is 5.45. The van der Waals surface area contributed by atoms with Crippen molar-refractivity contribution < 1.29 is 37.8 Å². The second kappa shape index (κ2) is 9.26. The Kier molecular flexibility index (Phi) is 7.42. The lowest BCUT2D eigenvalue weighted by Crippen LogP contribution is -2.41. The Morgan fingerprint density at radius 1 is 1.03 bits per heavy atom. The average molecular weight is 422 g/mol. The van der Waals surface area contributed by atoms with Gasteiger partial charge in [-0.2, -0.15) is 0 Å². The van der Waals surface area contributed by atoms with Crippen molar-refractivity contribution in [2.45, 2.75) is 65.0 Å². The number of ether oxygens (including phenoxy) is 4. The molecule has 9 heteroatoms. The maximum absolute atomic E-state index is 12.4. The molecule has 0 bridgehead atoms. The third-order valence-corrected chi connectivity index (χ3v) is 5.45. The number of carbonyl (C=O) groups excluding carboxylic acids is 2. The zero-order valence-electron chi connectivity index (χ0n) is 19.0. The maximum Gasteiger partial charge on any atom is 0.466 e. The van der Waals surface area contributed by atoms with Crippen LogP contribution < -0.4 is 14.2 Å². The summed E-state index contributed by atoms with van der Waals surface area (Å²) in [7, 11) is 2.22. The van der Waals surface area contributed by atoms with Crippen LogP contribution in [0, 0.1) is 0 Å². The summed E-state index contributed by atoms with van der Waals surface area (Å²) in [6, 6.07) is 3.38. The van der Waals surface area contributed by atoms with Crippen molar-refractivity contribution in [1.82, 2.24) is 0 Å². The molecule has 30 heavy (non-hydrogen) atoms. The van der Waals surface area contributed by atoms with Gasteiger partial charge < -0.3 is 28.3 Å². The monoisotopic (exact) mass is 422 g/mol. The van der Waals surface area contributed by atoms with E-state index in [9.17, 15) is 9.59 Å². The normalized spacial score (nSPS) is 17.9. The van der Waals surface area contributed by atoms with E-state index in [2.05, 4.69) is 0 Å². The molecule has 1 aliphatic heterocycles. The molecule has 1 atom stereocenters. The average Bonchev–Trinajstić information content (AvgIpc) is 2.86. The molecule has 8 nitrogen and oxygen atoms in total. The van der Waals surface area contributed by atoms with Gasteiger partial charge in [0.05, 0.1) is 38.4 Å². The van der Waals surface area contributed by atoms with Gasteiger partial charge >= 0.3 is 19.1 Å². The minimum absolute atomic E-state index is 0.0316. The number of methoxy groups -OCH3 is 2. The second-order valence-electron chi connectivity index (χ2n) is 8.09. The van der Waals surface area contributed by atoms with E-state index in [0.717, 1.165) is 0 Å². The Labute approximate surface area is 178 Å². The molecule has 0 amide bonds. The molecule has 0 spiro atoms. The highest BCUT2D eigenvalue weighted by Crippen LogP contribution is 2.45. The zero-order chi connectivity index (χ0) is 22.7. The summed E-state index contributed by atoms with van der Waals surface area (Å²) < 4.78 is 33.7. The van der Waals surface area contributed by atoms with Crippen LogP contribution in [0.3, 0.4) is 0 Å². The summed E-state index contributed by atoms with van der Waals surface area (Å²) in [4.78, 5) is 23.9. The van der Waals surface area contributed by atoms with Gasteiger partial charge in [0, 0.05) is 12.7 Å². The van der Waals surface area contributed by atoms with Gasteiger partial charge in [0.25, 0.3) is 0 Å². The van der Waals surface area contributed by atoms with Crippen molar-refractivity contribution >= 4 is 19.1 Å².